The highest BCUT2D eigenvalue weighted by Gasteiger charge is 2.09. The first-order chi connectivity index (χ1) is 6.16. The van der Waals surface area contributed by atoms with Crippen LogP contribution in [0, 0.1) is 0 Å². The molecule has 0 radical (unpaired) electrons. The average Bonchev–Trinajstić information content (AvgIpc) is 2.08. The van der Waals surface area contributed by atoms with Gasteiger partial charge in [0, 0.05) is 14.1 Å². The summed E-state index contributed by atoms with van der Waals surface area (Å²) in [6, 6.07) is 0. The largest absolute Gasteiger partial charge is 0.476 e. The maximum Gasteiger partial charge on any atom is 0.242 e. The zero-order chi connectivity index (χ0) is 9.84. The van der Waals surface area contributed by atoms with Crippen molar-refractivity contribution in [2.45, 2.75) is 6.92 Å². The third kappa shape index (κ3) is 1.99. The second-order valence-electron chi connectivity index (χ2n) is 2.74. The van der Waals surface area contributed by atoms with E-state index >= 15 is 0 Å². The Bertz CT molecular complexity index is 287. The summed E-state index contributed by atoms with van der Waals surface area (Å²) in [7, 11) is 3.74. The van der Waals surface area contributed by atoms with Crippen LogP contribution in [0.3, 0.4) is 0 Å². The van der Waals surface area contributed by atoms with Crippen molar-refractivity contribution in [3.05, 3.63) is 6.33 Å². The lowest BCUT2D eigenvalue weighted by molar-refractivity contribution is 0.328. The van der Waals surface area contributed by atoms with E-state index in [4.69, 9.17) is 10.5 Å². The number of rotatable bonds is 3. The Labute approximate surface area is 77.5 Å². The van der Waals surface area contributed by atoms with Crippen LogP contribution in [-0.4, -0.2) is 30.7 Å². The van der Waals surface area contributed by atoms with Gasteiger partial charge in [0.25, 0.3) is 0 Å². The van der Waals surface area contributed by atoms with Crippen molar-refractivity contribution in [3.63, 3.8) is 0 Å². The van der Waals surface area contributed by atoms with Crippen molar-refractivity contribution in [2.24, 2.45) is 0 Å². The molecule has 0 saturated heterocycles. The van der Waals surface area contributed by atoms with Gasteiger partial charge in [-0.3, -0.25) is 0 Å². The van der Waals surface area contributed by atoms with Gasteiger partial charge in [0.15, 0.2) is 5.82 Å². The van der Waals surface area contributed by atoms with E-state index in [1.54, 1.807) is 0 Å². The quantitative estimate of drug-likeness (QED) is 0.738. The van der Waals surface area contributed by atoms with E-state index in [1.165, 1.54) is 6.33 Å². The fourth-order valence-corrected chi connectivity index (χ4v) is 0.979. The lowest BCUT2D eigenvalue weighted by atomic mass is 10.4. The summed E-state index contributed by atoms with van der Waals surface area (Å²) in [5.41, 5.74) is 6.26. The molecule has 0 spiro atoms. The van der Waals surface area contributed by atoms with E-state index in [0.29, 0.717) is 24.0 Å². The molecule has 0 aliphatic carbocycles. The molecule has 0 aliphatic heterocycles. The molecule has 13 heavy (non-hydrogen) atoms. The molecule has 0 aromatic carbocycles. The van der Waals surface area contributed by atoms with Crippen LogP contribution in [-0.2, 0) is 0 Å². The summed E-state index contributed by atoms with van der Waals surface area (Å²) in [4.78, 5) is 9.78. The smallest absolute Gasteiger partial charge is 0.242 e. The van der Waals surface area contributed by atoms with E-state index in [0.717, 1.165) is 0 Å². The monoisotopic (exact) mass is 182 g/mol. The summed E-state index contributed by atoms with van der Waals surface area (Å²) in [6.07, 6.45) is 1.44. The minimum atomic E-state index is 0.446. The van der Waals surface area contributed by atoms with E-state index in [9.17, 15) is 0 Å². The maximum absolute atomic E-state index is 5.78. The van der Waals surface area contributed by atoms with Gasteiger partial charge in [0.2, 0.25) is 5.88 Å². The maximum atomic E-state index is 5.78. The highest BCUT2D eigenvalue weighted by atomic mass is 16.5. The fourth-order valence-electron chi connectivity index (χ4n) is 0.979. The number of nitrogen functional groups attached to an aromatic ring is 1. The van der Waals surface area contributed by atoms with Crippen molar-refractivity contribution in [1.82, 2.24) is 9.97 Å². The minimum absolute atomic E-state index is 0.446. The Morgan fingerprint density at radius 2 is 2.15 bits per heavy atom. The van der Waals surface area contributed by atoms with Crippen LogP contribution in [0.1, 0.15) is 6.92 Å². The van der Waals surface area contributed by atoms with Crippen LogP contribution in [0.25, 0.3) is 0 Å². The number of ether oxygens (including phenoxy) is 1. The van der Waals surface area contributed by atoms with E-state index in [2.05, 4.69) is 9.97 Å². The van der Waals surface area contributed by atoms with Gasteiger partial charge in [-0.05, 0) is 6.92 Å². The zero-order valence-electron chi connectivity index (χ0n) is 8.11. The van der Waals surface area contributed by atoms with Gasteiger partial charge in [-0.25, -0.2) is 4.98 Å². The second kappa shape index (κ2) is 3.93. The summed E-state index contributed by atoms with van der Waals surface area (Å²) in [5.74, 6) is 1.12. The summed E-state index contributed by atoms with van der Waals surface area (Å²) >= 11 is 0. The normalized spacial score (nSPS) is 9.77. The predicted molar refractivity (Wildman–Crippen MR) is 51.9 cm³/mol. The van der Waals surface area contributed by atoms with Gasteiger partial charge in [0.05, 0.1) is 6.61 Å². The Balaban J connectivity index is 3.03. The van der Waals surface area contributed by atoms with Crippen molar-refractivity contribution in [1.29, 1.82) is 0 Å². The summed E-state index contributed by atoms with van der Waals surface area (Å²) in [6.45, 7) is 2.44. The first kappa shape index (κ1) is 9.57. The number of anilines is 2. The molecular weight excluding hydrogens is 168 g/mol. The molecule has 2 N–H and O–H groups in total. The van der Waals surface area contributed by atoms with Crippen molar-refractivity contribution in [3.8, 4) is 5.88 Å². The van der Waals surface area contributed by atoms with Gasteiger partial charge >= 0.3 is 0 Å². The SMILES string of the molecule is CCOc1ncnc(N(C)C)c1N. The molecule has 0 bridgehead atoms. The van der Waals surface area contributed by atoms with Crippen molar-refractivity contribution >= 4 is 11.5 Å². The van der Waals surface area contributed by atoms with Gasteiger partial charge in [0.1, 0.15) is 12.0 Å². The Kier molecular flexibility index (Phi) is 2.89. The van der Waals surface area contributed by atoms with Crippen LogP contribution in [0.4, 0.5) is 11.5 Å². The van der Waals surface area contributed by atoms with Crippen LogP contribution in [0.2, 0.25) is 0 Å². The van der Waals surface area contributed by atoms with E-state index in [-0.39, 0.29) is 0 Å². The molecule has 0 fully saturated rings. The first-order valence-corrected chi connectivity index (χ1v) is 4.07. The Morgan fingerprint density at radius 1 is 1.46 bits per heavy atom. The number of nitrogens with two attached hydrogens (primary N) is 1. The molecule has 0 unspecified atom stereocenters. The molecular formula is C8H14N4O. The van der Waals surface area contributed by atoms with Crippen molar-refractivity contribution < 1.29 is 4.74 Å². The standard InChI is InChI=1S/C8H14N4O/c1-4-13-8-6(9)7(12(2)3)10-5-11-8/h5H,4,9H2,1-3H3. The molecule has 0 atom stereocenters. The van der Waals surface area contributed by atoms with Crippen molar-refractivity contribution in [2.75, 3.05) is 31.3 Å². The molecule has 0 amide bonds. The molecule has 5 nitrogen and oxygen atoms in total. The first-order valence-electron chi connectivity index (χ1n) is 4.07. The lowest BCUT2D eigenvalue weighted by Crippen LogP contribution is -2.14. The molecule has 1 heterocycles. The topological polar surface area (TPSA) is 64.3 Å². The number of nitrogens with zero attached hydrogens (tertiary/aromatic N) is 3. The lowest BCUT2D eigenvalue weighted by Gasteiger charge is -2.14. The van der Waals surface area contributed by atoms with Gasteiger partial charge in [-0.15, -0.1) is 0 Å². The molecule has 72 valence electrons. The minimum Gasteiger partial charge on any atom is -0.476 e. The number of hydrogen-bond acceptors (Lipinski definition) is 5. The fraction of sp³-hybridized carbons (Fsp3) is 0.500. The van der Waals surface area contributed by atoms with Crippen LogP contribution < -0.4 is 15.4 Å². The van der Waals surface area contributed by atoms with Gasteiger partial charge in [-0.1, -0.05) is 0 Å². The van der Waals surface area contributed by atoms with Crippen LogP contribution >= 0.6 is 0 Å². The summed E-state index contributed by atoms with van der Waals surface area (Å²) in [5, 5.41) is 0. The summed E-state index contributed by atoms with van der Waals surface area (Å²) < 4.78 is 5.22. The van der Waals surface area contributed by atoms with Crippen LogP contribution in [0.15, 0.2) is 6.33 Å². The molecule has 0 aliphatic rings. The second-order valence-corrected chi connectivity index (χ2v) is 2.74. The zero-order valence-corrected chi connectivity index (χ0v) is 8.11. The number of hydrogen-bond donors (Lipinski definition) is 1. The molecule has 1 aromatic rings. The third-order valence-corrected chi connectivity index (χ3v) is 1.53. The Hall–Kier alpha value is -1.52. The average molecular weight is 182 g/mol. The molecule has 5 heteroatoms. The molecule has 0 saturated carbocycles. The highest BCUT2D eigenvalue weighted by molar-refractivity contribution is 5.66. The highest BCUT2D eigenvalue weighted by Crippen LogP contribution is 2.25. The third-order valence-electron chi connectivity index (χ3n) is 1.53. The van der Waals surface area contributed by atoms with Crippen LogP contribution in [0.5, 0.6) is 5.88 Å². The Morgan fingerprint density at radius 3 is 2.69 bits per heavy atom. The molecule has 1 rings (SSSR count). The van der Waals surface area contributed by atoms with E-state index < -0.39 is 0 Å². The predicted octanol–water partition coefficient (Wildman–Crippen LogP) is 0.523. The molecule has 1 aromatic heterocycles. The van der Waals surface area contributed by atoms with Gasteiger partial charge in [-0.2, -0.15) is 4.98 Å². The van der Waals surface area contributed by atoms with Gasteiger partial charge < -0.3 is 15.4 Å². The number of aromatic nitrogens is 2. The van der Waals surface area contributed by atoms with E-state index in [1.807, 2.05) is 25.9 Å².